The molecule has 0 bridgehead atoms. The van der Waals surface area contributed by atoms with Crippen LogP contribution in [0.5, 0.6) is 5.75 Å². The summed E-state index contributed by atoms with van der Waals surface area (Å²) in [7, 11) is -4.07. The third kappa shape index (κ3) is 5.56. The lowest BCUT2D eigenvalue weighted by atomic mass is 9.84. The van der Waals surface area contributed by atoms with E-state index in [9.17, 15) is 17.6 Å². The van der Waals surface area contributed by atoms with Crippen molar-refractivity contribution in [3.63, 3.8) is 0 Å². The summed E-state index contributed by atoms with van der Waals surface area (Å²) in [6.45, 7) is 5.18. The summed E-state index contributed by atoms with van der Waals surface area (Å²) in [6, 6.07) is 11.2. The Morgan fingerprint density at radius 3 is 2.45 bits per heavy atom. The zero-order chi connectivity index (χ0) is 21.0. The van der Waals surface area contributed by atoms with Crippen LogP contribution in [0.1, 0.15) is 38.7 Å². The zero-order valence-electron chi connectivity index (χ0n) is 16.7. The van der Waals surface area contributed by atoms with Crippen molar-refractivity contribution in [3.05, 3.63) is 59.9 Å². The zero-order valence-corrected chi connectivity index (χ0v) is 17.5. The lowest BCUT2D eigenvalue weighted by Gasteiger charge is -2.33. The van der Waals surface area contributed by atoms with Crippen LogP contribution in [0.15, 0.2) is 53.4 Å². The molecular weight excluding hydrogens is 393 g/mol. The van der Waals surface area contributed by atoms with Crippen LogP contribution in [0.25, 0.3) is 0 Å². The first-order valence-electron chi connectivity index (χ1n) is 9.82. The Labute approximate surface area is 171 Å². The van der Waals surface area contributed by atoms with Gasteiger partial charge in [-0.25, -0.2) is 4.39 Å². The second kappa shape index (κ2) is 8.95. The number of rotatable bonds is 8. The van der Waals surface area contributed by atoms with E-state index in [1.54, 1.807) is 18.2 Å². The molecule has 2 aromatic rings. The Balaban J connectivity index is 1.75. The quantitative estimate of drug-likeness (QED) is 0.596. The number of carbonyl (C=O) groups excluding carboxylic acids is 1. The van der Waals surface area contributed by atoms with E-state index in [-0.39, 0.29) is 22.5 Å². The Morgan fingerprint density at radius 2 is 1.86 bits per heavy atom. The molecular formula is C22H26FNO4S. The molecule has 0 unspecified atom stereocenters. The van der Waals surface area contributed by atoms with Crippen LogP contribution in [0.4, 0.5) is 4.39 Å². The highest BCUT2D eigenvalue weighted by atomic mass is 32.2. The molecule has 5 nitrogen and oxygen atoms in total. The molecule has 0 aromatic heterocycles. The number of hydrogen-bond donors (Lipinski definition) is 0. The summed E-state index contributed by atoms with van der Waals surface area (Å²) in [5.41, 5.74) is 0.796. The van der Waals surface area contributed by atoms with Crippen molar-refractivity contribution in [1.82, 2.24) is 4.90 Å². The molecule has 1 fully saturated rings. The summed E-state index contributed by atoms with van der Waals surface area (Å²) in [4.78, 5) is 14.5. The van der Waals surface area contributed by atoms with Gasteiger partial charge in [0.05, 0.1) is 0 Å². The molecule has 1 aliphatic carbocycles. The standard InChI is InChI=1S/C22H26FNO4S/c1-16(2)14-24(22(25)18-6-4-7-18)15-17-5-3-8-20(13-17)28-29(26,27)21-11-9-19(23)10-12-21/h3,5,8-13,16,18H,4,6-7,14-15H2,1-2H3. The number of amides is 1. The molecule has 156 valence electrons. The average molecular weight is 420 g/mol. The van der Waals surface area contributed by atoms with Gasteiger partial charge < -0.3 is 9.08 Å². The Hall–Kier alpha value is -2.41. The fraction of sp³-hybridized carbons (Fsp3) is 0.409. The highest BCUT2D eigenvalue weighted by Crippen LogP contribution is 2.29. The van der Waals surface area contributed by atoms with E-state index >= 15 is 0 Å². The number of benzene rings is 2. The average Bonchev–Trinajstić information content (AvgIpc) is 2.59. The van der Waals surface area contributed by atoms with Gasteiger partial charge in [0.25, 0.3) is 0 Å². The van der Waals surface area contributed by atoms with Crippen LogP contribution in [0.3, 0.4) is 0 Å². The van der Waals surface area contributed by atoms with Gasteiger partial charge in [0.1, 0.15) is 16.5 Å². The van der Waals surface area contributed by atoms with E-state index in [2.05, 4.69) is 13.8 Å². The minimum Gasteiger partial charge on any atom is -0.379 e. The molecule has 3 rings (SSSR count). The van der Waals surface area contributed by atoms with Crippen LogP contribution < -0.4 is 4.18 Å². The van der Waals surface area contributed by atoms with Crippen LogP contribution in [-0.4, -0.2) is 25.8 Å². The van der Waals surface area contributed by atoms with E-state index in [1.165, 1.54) is 0 Å². The third-order valence-electron chi connectivity index (χ3n) is 4.93. The molecule has 1 amide bonds. The topological polar surface area (TPSA) is 63.7 Å². The number of halogens is 1. The summed E-state index contributed by atoms with van der Waals surface area (Å²) in [6.07, 6.45) is 2.97. The van der Waals surface area contributed by atoms with E-state index in [1.807, 2.05) is 11.0 Å². The highest BCUT2D eigenvalue weighted by molar-refractivity contribution is 7.87. The second-order valence-electron chi connectivity index (χ2n) is 7.88. The number of carbonyl (C=O) groups is 1. The van der Waals surface area contributed by atoms with Gasteiger partial charge in [0, 0.05) is 19.0 Å². The Morgan fingerprint density at radius 1 is 1.17 bits per heavy atom. The molecule has 0 saturated heterocycles. The maximum atomic E-state index is 13.1. The minimum absolute atomic E-state index is 0.104. The van der Waals surface area contributed by atoms with Crippen molar-refractivity contribution < 1.29 is 21.8 Å². The summed E-state index contributed by atoms with van der Waals surface area (Å²) in [5.74, 6) is 0.235. The van der Waals surface area contributed by atoms with E-state index in [0.717, 1.165) is 49.1 Å². The Bertz CT molecular complexity index is 953. The molecule has 0 spiro atoms. The van der Waals surface area contributed by atoms with Crippen molar-refractivity contribution in [2.24, 2.45) is 11.8 Å². The molecule has 0 aliphatic heterocycles. The van der Waals surface area contributed by atoms with Crippen LogP contribution in [-0.2, 0) is 21.5 Å². The smallest absolute Gasteiger partial charge is 0.339 e. The van der Waals surface area contributed by atoms with Crippen LogP contribution in [0, 0.1) is 17.7 Å². The van der Waals surface area contributed by atoms with E-state index in [4.69, 9.17) is 4.18 Å². The molecule has 0 radical (unpaired) electrons. The van der Waals surface area contributed by atoms with Gasteiger partial charge in [0.2, 0.25) is 5.91 Å². The van der Waals surface area contributed by atoms with Crippen molar-refractivity contribution in [3.8, 4) is 5.75 Å². The van der Waals surface area contributed by atoms with Crippen molar-refractivity contribution in [2.75, 3.05) is 6.54 Å². The summed E-state index contributed by atoms with van der Waals surface area (Å²) in [5, 5.41) is 0. The third-order valence-corrected chi connectivity index (χ3v) is 6.19. The van der Waals surface area contributed by atoms with Gasteiger partial charge in [-0.15, -0.1) is 0 Å². The van der Waals surface area contributed by atoms with Gasteiger partial charge in [-0.3, -0.25) is 4.79 Å². The molecule has 7 heteroatoms. The molecule has 29 heavy (non-hydrogen) atoms. The fourth-order valence-electron chi connectivity index (χ4n) is 3.28. The van der Waals surface area contributed by atoms with Gasteiger partial charge in [-0.05, 0) is 60.7 Å². The van der Waals surface area contributed by atoms with Gasteiger partial charge in [0.15, 0.2) is 0 Å². The highest BCUT2D eigenvalue weighted by Gasteiger charge is 2.29. The van der Waals surface area contributed by atoms with Gasteiger partial charge in [-0.2, -0.15) is 8.42 Å². The van der Waals surface area contributed by atoms with Gasteiger partial charge in [-0.1, -0.05) is 32.4 Å². The largest absolute Gasteiger partial charge is 0.379 e. The fourth-order valence-corrected chi connectivity index (χ4v) is 4.20. The van der Waals surface area contributed by atoms with Gasteiger partial charge >= 0.3 is 10.1 Å². The Kier molecular flexibility index (Phi) is 6.57. The maximum absolute atomic E-state index is 13.1. The van der Waals surface area contributed by atoms with Crippen LogP contribution in [0.2, 0.25) is 0 Å². The molecule has 2 aromatic carbocycles. The molecule has 0 N–H and O–H groups in total. The minimum atomic E-state index is -4.07. The van der Waals surface area contributed by atoms with Crippen molar-refractivity contribution >= 4 is 16.0 Å². The molecule has 0 atom stereocenters. The molecule has 1 saturated carbocycles. The predicted molar refractivity (Wildman–Crippen MR) is 108 cm³/mol. The van der Waals surface area contributed by atoms with E-state index in [0.29, 0.717) is 19.0 Å². The lowest BCUT2D eigenvalue weighted by Crippen LogP contribution is -2.40. The summed E-state index contributed by atoms with van der Waals surface area (Å²) < 4.78 is 43.1. The predicted octanol–water partition coefficient (Wildman–Crippen LogP) is 4.38. The van der Waals surface area contributed by atoms with E-state index < -0.39 is 15.9 Å². The normalized spacial score (nSPS) is 14.5. The SMILES string of the molecule is CC(C)CN(Cc1cccc(OS(=O)(=O)c2ccc(F)cc2)c1)C(=O)C1CCC1. The second-order valence-corrected chi connectivity index (χ2v) is 9.43. The summed E-state index contributed by atoms with van der Waals surface area (Å²) >= 11 is 0. The molecule has 0 heterocycles. The lowest BCUT2D eigenvalue weighted by molar-refractivity contribution is -0.139. The van der Waals surface area contributed by atoms with Crippen molar-refractivity contribution in [2.45, 2.75) is 44.6 Å². The van der Waals surface area contributed by atoms with Crippen LogP contribution >= 0.6 is 0 Å². The van der Waals surface area contributed by atoms with Crippen molar-refractivity contribution in [1.29, 1.82) is 0 Å². The first-order valence-corrected chi connectivity index (χ1v) is 11.2. The number of hydrogen-bond acceptors (Lipinski definition) is 4. The first-order chi connectivity index (χ1) is 13.7. The number of nitrogens with zero attached hydrogens (tertiary/aromatic N) is 1. The molecule has 1 aliphatic rings. The first kappa shape index (κ1) is 21.3. The maximum Gasteiger partial charge on any atom is 0.339 e. The monoisotopic (exact) mass is 419 g/mol.